The van der Waals surface area contributed by atoms with Crippen molar-refractivity contribution in [2.24, 2.45) is 0 Å². The van der Waals surface area contributed by atoms with Gasteiger partial charge < -0.3 is 25.0 Å². The van der Waals surface area contributed by atoms with Gasteiger partial charge in [-0.3, -0.25) is 14.4 Å². The molecule has 0 aliphatic carbocycles. The number of amides is 3. The van der Waals surface area contributed by atoms with Crippen LogP contribution in [0.3, 0.4) is 0 Å². The minimum Gasteiger partial charge on any atom is -0.468 e. The molecular formula is C32H45N3O6. The van der Waals surface area contributed by atoms with E-state index in [4.69, 9.17) is 9.47 Å². The van der Waals surface area contributed by atoms with Crippen LogP contribution in [0.15, 0.2) is 48.5 Å². The third-order valence-corrected chi connectivity index (χ3v) is 6.90. The summed E-state index contributed by atoms with van der Waals surface area (Å²) in [5.41, 5.74) is 1.56. The molecule has 0 aliphatic rings. The Morgan fingerprint density at radius 3 is 2.15 bits per heavy atom. The van der Waals surface area contributed by atoms with E-state index in [1.807, 2.05) is 83.1 Å². The van der Waals surface area contributed by atoms with Gasteiger partial charge in [-0.1, -0.05) is 61.0 Å². The normalized spacial score (nSPS) is 13.0. The van der Waals surface area contributed by atoms with Gasteiger partial charge in [0.1, 0.15) is 24.2 Å². The first kappa shape index (κ1) is 33.3. The molecule has 0 fully saturated rings. The average Bonchev–Trinajstić information content (AvgIpc) is 2.90. The molecule has 0 saturated heterocycles. The van der Waals surface area contributed by atoms with Crippen molar-refractivity contribution in [3.05, 3.63) is 70.8 Å². The zero-order chi connectivity index (χ0) is 31.0. The molecule has 2 N–H and O–H groups in total. The Balaban J connectivity index is 2.70. The lowest BCUT2D eigenvalue weighted by molar-refractivity contribution is -0.150. The first-order valence-corrected chi connectivity index (χ1v) is 13.9. The SMILES string of the molecule is CCC(C)(C)N(C(=O)C(Cc1ccccc1)NC(=O)OC(C)(C)C)C(C(=O)NCC(=O)OC)c1cc(C)ccc1C. The van der Waals surface area contributed by atoms with Crippen LogP contribution in [0.4, 0.5) is 4.79 Å². The largest absolute Gasteiger partial charge is 0.468 e. The van der Waals surface area contributed by atoms with Crippen LogP contribution >= 0.6 is 0 Å². The number of rotatable bonds is 11. The minimum atomic E-state index is -1.10. The van der Waals surface area contributed by atoms with Gasteiger partial charge in [-0.15, -0.1) is 0 Å². The number of carbonyl (C=O) groups is 4. The Morgan fingerprint density at radius 1 is 0.951 bits per heavy atom. The topological polar surface area (TPSA) is 114 Å². The molecule has 2 atom stereocenters. The highest BCUT2D eigenvalue weighted by molar-refractivity contribution is 5.94. The van der Waals surface area contributed by atoms with Gasteiger partial charge in [-0.25, -0.2) is 4.79 Å². The van der Waals surface area contributed by atoms with E-state index in [9.17, 15) is 19.2 Å². The predicted molar refractivity (Wildman–Crippen MR) is 158 cm³/mol. The van der Waals surface area contributed by atoms with Gasteiger partial charge in [0, 0.05) is 12.0 Å². The van der Waals surface area contributed by atoms with Gasteiger partial charge in [0.15, 0.2) is 0 Å². The van der Waals surface area contributed by atoms with E-state index in [1.165, 1.54) is 12.0 Å². The molecule has 2 unspecified atom stereocenters. The Hall–Kier alpha value is -3.88. The second-order valence-corrected chi connectivity index (χ2v) is 11.8. The summed E-state index contributed by atoms with van der Waals surface area (Å²) in [4.78, 5) is 55.0. The Bertz CT molecular complexity index is 1220. The Kier molecular flexibility index (Phi) is 11.5. The van der Waals surface area contributed by atoms with Crippen molar-refractivity contribution in [2.75, 3.05) is 13.7 Å². The highest BCUT2D eigenvalue weighted by Gasteiger charge is 2.43. The van der Waals surface area contributed by atoms with Gasteiger partial charge in [0.25, 0.3) is 0 Å². The van der Waals surface area contributed by atoms with Gasteiger partial charge in [-0.2, -0.15) is 0 Å². The quantitative estimate of drug-likeness (QED) is 0.378. The van der Waals surface area contributed by atoms with Crippen molar-refractivity contribution in [2.45, 2.75) is 91.5 Å². The second-order valence-electron chi connectivity index (χ2n) is 11.8. The van der Waals surface area contributed by atoms with Crippen molar-refractivity contribution < 1.29 is 28.7 Å². The number of esters is 1. The van der Waals surface area contributed by atoms with Crippen molar-refractivity contribution in [1.29, 1.82) is 0 Å². The van der Waals surface area contributed by atoms with Crippen LogP contribution < -0.4 is 10.6 Å². The molecule has 2 aromatic carbocycles. The molecule has 0 spiro atoms. The molecule has 0 aliphatic heterocycles. The van der Waals surface area contributed by atoms with Crippen LogP contribution in [0.25, 0.3) is 0 Å². The Morgan fingerprint density at radius 2 is 1.59 bits per heavy atom. The van der Waals surface area contributed by atoms with Crippen LogP contribution in [0.1, 0.15) is 76.3 Å². The first-order chi connectivity index (χ1) is 19.1. The number of hydrogen-bond acceptors (Lipinski definition) is 6. The van der Waals surface area contributed by atoms with E-state index in [-0.39, 0.29) is 13.0 Å². The van der Waals surface area contributed by atoms with Gasteiger partial charge in [0.2, 0.25) is 11.8 Å². The maximum absolute atomic E-state index is 14.6. The number of alkyl carbamates (subject to hydrolysis) is 1. The summed E-state index contributed by atoms with van der Waals surface area (Å²) in [5.74, 6) is -1.60. The standard InChI is InChI=1S/C32H45N3O6/c1-10-32(7,8)35(27(28(37)33-20-26(36)40-9)24-18-21(2)16-17-22(24)3)29(38)25(19-23-14-12-11-13-15-23)34-30(39)41-31(4,5)6/h11-18,25,27H,10,19-20H2,1-9H3,(H,33,37)(H,34,39). The number of ether oxygens (including phenoxy) is 2. The van der Waals surface area contributed by atoms with Crippen LogP contribution in [-0.4, -0.2) is 59.6 Å². The number of nitrogens with one attached hydrogen (secondary N) is 2. The predicted octanol–water partition coefficient (Wildman–Crippen LogP) is 4.79. The molecule has 9 heteroatoms. The number of methoxy groups -OCH3 is 1. The summed E-state index contributed by atoms with van der Waals surface area (Å²) in [7, 11) is 1.24. The Labute approximate surface area is 244 Å². The van der Waals surface area contributed by atoms with E-state index in [2.05, 4.69) is 10.6 Å². The lowest BCUT2D eigenvalue weighted by Crippen LogP contribution is -2.60. The molecule has 41 heavy (non-hydrogen) atoms. The van der Waals surface area contributed by atoms with Gasteiger partial charge in [0.05, 0.1) is 7.11 Å². The summed E-state index contributed by atoms with van der Waals surface area (Å²) in [5, 5.41) is 5.42. The average molecular weight is 568 g/mol. The smallest absolute Gasteiger partial charge is 0.408 e. The molecular weight excluding hydrogens is 522 g/mol. The number of hydrogen-bond donors (Lipinski definition) is 2. The van der Waals surface area contributed by atoms with Crippen LogP contribution in [0.2, 0.25) is 0 Å². The summed E-state index contributed by atoms with van der Waals surface area (Å²) < 4.78 is 10.2. The molecule has 0 aromatic heterocycles. The number of aryl methyl sites for hydroxylation is 2. The summed E-state index contributed by atoms with van der Waals surface area (Å²) in [6.07, 6.45) is -0.0487. The second kappa shape index (κ2) is 14.1. The molecule has 0 radical (unpaired) electrons. The number of carbonyl (C=O) groups excluding carboxylic acids is 4. The molecule has 9 nitrogen and oxygen atoms in total. The third-order valence-electron chi connectivity index (χ3n) is 6.90. The molecule has 224 valence electrons. The number of nitrogens with zero attached hydrogens (tertiary/aromatic N) is 1. The third kappa shape index (κ3) is 9.62. The van der Waals surface area contributed by atoms with Crippen molar-refractivity contribution in [3.63, 3.8) is 0 Å². The zero-order valence-electron chi connectivity index (χ0n) is 25.8. The molecule has 2 rings (SSSR count). The molecule has 0 saturated carbocycles. The molecule has 2 aromatic rings. The fourth-order valence-electron chi connectivity index (χ4n) is 4.39. The summed E-state index contributed by atoms with van der Waals surface area (Å²) in [6.45, 7) is 14.4. The fourth-order valence-corrected chi connectivity index (χ4v) is 4.39. The summed E-state index contributed by atoms with van der Waals surface area (Å²) in [6, 6.07) is 12.9. The van der Waals surface area contributed by atoms with E-state index in [1.54, 1.807) is 20.8 Å². The summed E-state index contributed by atoms with van der Waals surface area (Å²) >= 11 is 0. The lowest BCUT2D eigenvalue weighted by atomic mass is 9.89. The molecule has 0 bridgehead atoms. The monoisotopic (exact) mass is 567 g/mol. The lowest BCUT2D eigenvalue weighted by Gasteiger charge is -2.45. The van der Waals surface area contributed by atoms with Crippen LogP contribution in [0, 0.1) is 13.8 Å². The van der Waals surface area contributed by atoms with Crippen LogP contribution in [-0.2, 0) is 30.3 Å². The highest BCUT2D eigenvalue weighted by atomic mass is 16.6. The van der Waals surface area contributed by atoms with E-state index in [0.717, 1.165) is 16.7 Å². The maximum atomic E-state index is 14.6. The van der Waals surface area contributed by atoms with E-state index < -0.39 is 47.1 Å². The maximum Gasteiger partial charge on any atom is 0.408 e. The zero-order valence-corrected chi connectivity index (χ0v) is 25.8. The minimum absolute atomic E-state index is 0.179. The van der Waals surface area contributed by atoms with Crippen molar-refractivity contribution >= 4 is 23.9 Å². The molecule has 3 amide bonds. The van der Waals surface area contributed by atoms with E-state index >= 15 is 0 Å². The van der Waals surface area contributed by atoms with Crippen LogP contribution in [0.5, 0.6) is 0 Å². The number of benzene rings is 2. The van der Waals surface area contributed by atoms with Crippen molar-refractivity contribution in [3.8, 4) is 0 Å². The fraction of sp³-hybridized carbons (Fsp3) is 0.500. The van der Waals surface area contributed by atoms with E-state index in [0.29, 0.717) is 12.0 Å². The van der Waals surface area contributed by atoms with Gasteiger partial charge in [-0.05, 0) is 71.6 Å². The van der Waals surface area contributed by atoms with Gasteiger partial charge >= 0.3 is 12.1 Å². The molecule has 0 heterocycles. The first-order valence-electron chi connectivity index (χ1n) is 13.9. The highest BCUT2D eigenvalue weighted by Crippen LogP contribution is 2.34. The van der Waals surface area contributed by atoms with Crippen molar-refractivity contribution in [1.82, 2.24) is 15.5 Å².